The van der Waals surface area contributed by atoms with Crippen LogP contribution < -0.4 is 4.74 Å². The smallest absolute Gasteiger partial charge is 0.341 e. The van der Waals surface area contributed by atoms with Crippen LogP contribution in [0.4, 0.5) is 0 Å². The lowest BCUT2D eigenvalue weighted by atomic mass is 10.2. The van der Waals surface area contributed by atoms with Gasteiger partial charge in [0.2, 0.25) is 5.72 Å². The molecule has 1 atom stereocenters. The molecule has 5 nitrogen and oxygen atoms in total. The van der Waals surface area contributed by atoms with E-state index in [0.717, 1.165) is 8.04 Å². The zero-order chi connectivity index (χ0) is 19.4. The number of carbonyl (C=O) groups excluding carboxylic acids is 1. The normalized spacial score (nSPS) is 13.0. The van der Waals surface area contributed by atoms with Crippen LogP contribution in [0.3, 0.4) is 0 Å². The number of esters is 1. The Hall–Kier alpha value is -1.58. The van der Waals surface area contributed by atoms with Gasteiger partial charge in [0.1, 0.15) is 12.4 Å². The number of hydrogen-bond donors (Lipinski definition) is 0. The van der Waals surface area contributed by atoms with Crippen molar-refractivity contribution in [1.29, 1.82) is 0 Å². The van der Waals surface area contributed by atoms with Gasteiger partial charge in [-0.1, -0.05) is 27.5 Å². The van der Waals surface area contributed by atoms with Crippen LogP contribution in [0.2, 0.25) is 5.02 Å². The van der Waals surface area contributed by atoms with Crippen LogP contribution in [-0.4, -0.2) is 22.1 Å². The third-order valence-electron chi connectivity index (χ3n) is 3.83. The van der Waals surface area contributed by atoms with Crippen molar-refractivity contribution in [3.63, 3.8) is 0 Å². The molecule has 0 amide bonds. The van der Waals surface area contributed by atoms with Crippen LogP contribution in [0.25, 0.3) is 0 Å². The highest BCUT2D eigenvalue weighted by Crippen LogP contribution is 2.27. The Balaban J connectivity index is 1.82. The molecule has 0 bridgehead atoms. The van der Waals surface area contributed by atoms with E-state index in [1.807, 2.05) is 24.3 Å². The summed E-state index contributed by atoms with van der Waals surface area (Å²) in [5, 5.41) is 0.306. The van der Waals surface area contributed by atoms with Crippen molar-refractivity contribution in [2.24, 2.45) is 0 Å². The fourth-order valence-electron chi connectivity index (χ4n) is 2.35. The number of halogens is 3. The summed E-state index contributed by atoms with van der Waals surface area (Å²) in [6.45, 7) is 1.86. The summed E-state index contributed by atoms with van der Waals surface area (Å²) in [4.78, 5) is 16.8. The maximum absolute atomic E-state index is 12.7. The number of carbonyl (C=O) groups is 1. The van der Waals surface area contributed by atoms with Crippen LogP contribution in [-0.2, 0) is 10.5 Å². The Kier molecular flexibility index (Phi) is 6.44. The van der Waals surface area contributed by atoms with Crippen molar-refractivity contribution in [1.82, 2.24) is 9.55 Å². The van der Waals surface area contributed by atoms with E-state index < -0.39 is 11.7 Å². The van der Waals surface area contributed by atoms with E-state index in [4.69, 9.17) is 21.1 Å². The Morgan fingerprint density at radius 2 is 2.04 bits per heavy atom. The lowest BCUT2D eigenvalue weighted by molar-refractivity contribution is -0.0794. The first kappa shape index (κ1) is 20.2. The van der Waals surface area contributed by atoms with Crippen molar-refractivity contribution >= 4 is 56.1 Å². The number of hydrogen-bond acceptors (Lipinski definition) is 4. The van der Waals surface area contributed by atoms with Gasteiger partial charge in [-0.3, -0.25) is 4.57 Å². The molecule has 0 N–H and O–H groups in total. The molecule has 1 heterocycles. The summed E-state index contributed by atoms with van der Waals surface area (Å²) in [6.07, 6.45) is 4.91. The van der Waals surface area contributed by atoms with Crippen LogP contribution in [0.1, 0.15) is 17.3 Å². The molecule has 2 aromatic carbocycles. The Bertz CT molecular complexity index is 935. The molecule has 3 rings (SSSR count). The highest BCUT2D eigenvalue weighted by molar-refractivity contribution is 14.1. The zero-order valence-corrected chi connectivity index (χ0v) is 18.7. The molecule has 0 aliphatic heterocycles. The predicted molar refractivity (Wildman–Crippen MR) is 115 cm³/mol. The average Bonchev–Trinajstić information content (AvgIpc) is 3.16. The molecule has 3 aromatic rings. The monoisotopic (exact) mass is 560 g/mol. The summed E-state index contributed by atoms with van der Waals surface area (Å²) < 4.78 is 15.2. The molecule has 0 aliphatic rings. The molecule has 8 heteroatoms. The standard InChI is InChI=1S/C19H15BrClIN2O3/c1-19(24-9-8-23-12-24,11-26-15-5-3-14(22)4-6-15)27-18(25)16-7-2-13(20)10-17(16)21/h2-10,12H,11H2,1H3/t19-/m1/s1. The molecule has 0 fully saturated rings. The highest BCUT2D eigenvalue weighted by atomic mass is 127. The van der Waals surface area contributed by atoms with Crippen LogP contribution >= 0.6 is 50.1 Å². The lowest BCUT2D eigenvalue weighted by Gasteiger charge is -2.30. The molecule has 0 radical (unpaired) electrons. The maximum Gasteiger partial charge on any atom is 0.341 e. The summed E-state index contributed by atoms with van der Waals surface area (Å²) in [7, 11) is 0. The molecule has 140 valence electrons. The Morgan fingerprint density at radius 1 is 1.30 bits per heavy atom. The molecule has 0 saturated heterocycles. The topological polar surface area (TPSA) is 53.4 Å². The molecule has 27 heavy (non-hydrogen) atoms. The van der Waals surface area contributed by atoms with E-state index in [-0.39, 0.29) is 12.2 Å². The van der Waals surface area contributed by atoms with Crippen molar-refractivity contribution < 1.29 is 14.3 Å². The van der Waals surface area contributed by atoms with Gasteiger partial charge in [-0.15, -0.1) is 0 Å². The fraction of sp³-hybridized carbons (Fsp3) is 0.158. The second kappa shape index (κ2) is 8.62. The lowest BCUT2D eigenvalue weighted by Crippen LogP contribution is -2.40. The van der Waals surface area contributed by atoms with E-state index >= 15 is 0 Å². The van der Waals surface area contributed by atoms with Gasteiger partial charge in [-0.05, 0) is 72.0 Å². The zero-order valence-electron chi connectivity index (χ0n) is 14.2. The van der Waals surface area contributed by atoms with Crippen molar-refractivity contribution in [2.75, 3.05) is 6.61 Å². The first-order chi connectivity index (χ1) is 12.9. The van der Waals surface area contributed by atoms with Gasteiger partial charge in [-0.25, -0.2) is 9.78 Å². The number of benzene rings is 2. The van der Waals surface area contributed by atoms with E-state index in [1.165, 1.54) is 0 Å². The third kappa shape index (κ3) is 5.03. The second-order valence-electron chi connectivity index (χ2n) is 5.90. The molecule has 1 aromatic heterocycles. The highest BCUT2D eigenvalue weighted by Gasteiger charge is 2.33. The molecule has 0 spiro atoms. The van der Waals surface area contributed by atoms with Crippen molar-refractivity contribution in [3.8, 4) is 5.75 Å². The Labute approximate surface area is 183 Å². The summed E-state index contributed by atoms with van der Waals surface area (Å²) in [6, 6.07) is 12.6. The van der Waals surface area contributed by atoms with E-state index in [9.17, 15) is 4.79 Å². The molecular weight excluding hydrogens is 546 g/mol. The minimum absolute atomic E-state index is 0.101. The SMILES string of the molecule is C[C@](COc1ccc(I)cc1)(OC(=O)c1ccc(Br)cc1Cl)n1ccnc1. The van der Waals surface area contributed by atoms with Gasteiger partial charge in [0.15, 0.2) is 0 Å². The van der Waals surface area contributed by atoms with Gasteiger partial charge >= 0.3 is 5.97 Å². The minimum atomic E-state index is -1.10. The maximum atomic E-state index is 12.7. The second-order valence-corrected chi connectivity index (χ2v) is 8.47. The van der Waals surface area contributed by atoms with Gasteiger partial charge in [0, 0.05) is 20.4 Å². The number of rotatable bonds is 6. The number of imidazole rings is 1. The van der Waals surface area contributed by atoms with Gasteiger partial charge < -0.3 is 9.47 Å². The van der Waals surface area contributed by atoms with E-state index in [0.29, 0.717) is 10.8 Å². The molecule has 0 unspecified atom stereocenters. The fourth-order valence-corrected chi connectivity index (χ4v) is 3.46. The quantitative estimate of drug-likeness (QED) is 0.294. The summed E-state index contributed by atoms with van der Waals surface area (Å²) in [5.74, 6) is 0.134. The van der Waals surface area contributed by atoms with Crippen molar-refractivity contribution in [3.05, 3.63) is 79.8 Å². The molecular formula is C19H15BrClIN2O3. The molecule has 0 aliphatic carbocycles. The largest absolute Gasteiger partial charge is 0.487 e. The Morgan fingerprint density at radius 3 is 2.67 bits per heavy atom. The van der Waals surface area contributed by atoms with Crippen LogP contribution in [0.5, 0.6) is 5.75 Å². The number of ether oxygens (including phenoxy) is 2. The number of nitrogens with zero attached hydrogens (tertiary/aromatic N) is 2. The molecule has 0 saturated carbocycles. The first-order valence-corrected chi connectivity index (χ1v) is 10.2. The predicted octanol–water partition coefficient (Wildman–Crippen LogP) is 5.51. The third-order valence-corrected chi connectivity index (χ3v) is 5.36. The van der Waals surface area contributed by atoms with Gasteiger partial charge in [0.05, 0.1) is 16.9 Å². The van der Waals surface area contributed by atoms with Crippen molar-refractivity contribution in [2.45, 2.75) is 12.6 Å². The van der Waals surface area contributed by atoms with Crippen LogP contribution in [0, 0.1) is 3.57 Å². The van der Waals surface area contributed by atoms with Crippen LogP contribution in [0.15, 0.2) is 65.7 Å². The number of aromatic nitrogens is 2. The minimum Gasteiger partial charge on any atom is -0.487 e. The van der Waals surface area contributed by atoms with E-state index in [2.05, 4.69) is 43.5 Å². The summed E-state index contributed by atoms with van der Waals surface area (Å²) in [5.41, 5.74) is -0.826. The average molecular weight is 562 g/mol. The summed E-state index contributed by atoms with van der Waals surface area (Å²) >= 11 is 11.7. The first-order valence-electron chi connectivity index (χ1n) is 7.92. The van der Waals surface area contributed by atoms with E-state index in [1.54, 1.807) is 48.4 Å². The van der Waals surface area contributed by atoms with Gasteiger partial charge in [0.25, 0.3) is 0 Å². The van der Waals surface area contributed by atoms with Gasteiger partial charge in [-0.2, -0.15) is 0 Å².